The first-order chi connectivity index (χ1) is 14.8. The monoisotopic (exact) mass is 425 g/mol. The van der Waals surface area contributed by atoms with Crippen LogP contribution in [-0.4, -0.2) is 17.0 Å². The topological polar surface area (TPSA) is 3.24 Å². The van der Waals surface area contributed by atoms with Gasteiger partial charge in [0.25, 0.3) is 0 Å². The van der Waals surface area contributed by atoms with Crippen LogP contribution in [0.1, 0.15) is 88.0 Å². The lowest BCUT2D eigenvalue weighted by Crippen LogP contribution is -2.39. The van der Waals surface area contributed by atoms with Crippen molar-refractivity contribution in [2.75, 3.05) is 0 Å². The first kappa shape index (κ1) is 22.5. The normalized spacial score (nSPS) is 20.4. The van der Waals surface area contributed by atoms with Crippen molar-refractivity contribution >= 4 is 0 Å². The molecule has 2 aromatic carbocycles. The highest BCUT2D eigenvalue weighted by Crippen LogP contribution is 2.51. The zero-order valence-corrected chi connectivity index (χ0v) is 19.3. The van der Waals surface area contributed by atoms with Crippen molar-refractivity contribution in [2.45, 2.75) is 102 Å². The molecule has 168 valence electrons. The largest absolute Gasteiger partial charge is 0.294 e. The Kier molecular flexibility index (Phi) is 6.53. The molecule has 0 amide bonds. The second kappa shape index (κ2) is 9.02. The van der Waals surface area contributed by atoms with E-state index in [-0.39, 0.29) is 0 Å². The van der Waals surface area contributed by atoms with Crippen LogP contribution in [0.5, 0.6) is 0 Å². The van der Waals surface area contributed by atoms with E-state index in [1.54, 1.807) is 0 Å². The molecule has 4 rings (SSSR count). The second-order valence-electron chi connectivity index (χ2n) is 10.1. The van der Waals surface area contributed by atoms with Crippen molar-refractivity contribution in [3.8, 4) is 0 Å². The fraction of sp³-hybridized carbons (Fsp3) is 0.571. The van der Waals surface area contributed by atoms with Gasteiger partial charge in [-0.15, -0.1) is 0 Å². The average molecular weight is 426 g/mol. The van der Waals surface area contributed by atoms with Gasteiger partial charge in [0.15, 0.2) is 0 Å². The summed E-state index contributed by atoms with van der Waals surface area (Å²) in [6.45, 7) is 7.62. The Balaban J connectivity index is 1.56. The Hall–Kier alpha value is -1.74. The minimum absolute atomic E-state index is 0.329. The van der Waals surface area contributed by atoms with Gasteiger partial charge in [-0.1, -0.05) is 48.5 Å². The zero-order valence-electron chi connectivity index (χ0n) is 19.3. The molecule has 31 heavy (non-hydrogen) atoms. The van der Waals surface area contributed by atoms with Crippen molar-refractivity contribution < 1.29 is 8.78 Å². The van der Waals surface area contributed by atoms with Crippen molar-refractivity contribution in [2.24, 2.45) is 0 Å². The standard InChI is InChI=1S/C28H37F2N/c1-21(2)31(20-23-10-5-4-6-11-23)22(3)14-15-24-25(27(29)16-8-17-27)12-7-13-26(24)28(30)18-9-19-28/h4-7,10-13,21-22H,8-9,14-20H2,1-3H3. The molecule has 0 saturated heterocycles. The number of nitrogens with zero attached hydrogens (tertiary/aromatic N) is 1. The van der Waals surface area contributed by atoms with Gasteiger partial charge in [-0.3, -0.25) is 4.90 Å². The maximum Gasteiger partial charge on any atom is 0.136 e. The quantitative estimate of drug-likeness (QED) is 0.399. The molecule has 1 atom stereocenters. The summed E-state index contributed by atoms with van der Waals surface area (Å²) in [5, 5.41) is 0. The van der Waals surface area contributed by atoms with E-state index in [4.69, 9.17) is 0 Å². The van der Waals surface area contributed by atoms with E-state index in [0.29, 0.717) is 37.8 Å². The summed E-state index contributed by atoms with van der Waals surface area (Å²) >= 11 is 0. The lowest BCUT2D eigenvalue weighted by Gasteiger charge is -2.41. The van der Waals surface area contributed by atoms with Gasteiger partial charge in [0.05, 0.1) is 0 Å². The fourth-order valence-electron chi connectivity index (χ4n) is 5.37. The maximum atomic E-state index is 15.6. The molecule has 1 nitrogen and oxygen atoms in total. The van der Waals surface area contributed by atoms with E-state index in [2.05, 4.69) is 49.9 Å². The van der Waals surface area contributed by atoms with Crippen LogP contribution < -0.4 is 0 Å². The zero-order chi connectivity index (χ0) is 22.1. The third-order valence-corrected chi connectivity index (χ3v) is 7.68. The molecule has 0 aromatic heterocycles. The fourth-order valence-corrected chi connectivity index (χ4v) is 5.37. The lowest BCUT2D eigenvalue weighted by atomic mass is 9.69. The van der Waals surface area contributed by atoms with Crippen LogP contribution in [0.2, 0.25) is 0 Å². The minimum Gasteiger partial charge on any atom is -0.294 e. The third kappa shape index (κ3) is 4.58. The van der Waals surface area contributed by atoms with Crippen LogP contribution in [0.4, 0.5) is 8.78 Å². The highest BCUT2D eigenvalue weighted by atomic mass is 19.1. The molecule has 0 N–H and O–H groups in total. The van der Waals surface area contributed by atoms with Gasteiger partial charge in [-0.05, 0) is 94.4 Å². The number of rotatable bonds is 9. The molecule has 2 saturated carbocycles. The summed E-state index contributed by atoms with van der Waals surface area (Å²) < 4.78 is 31.1. The van der Waals surface area contributed by atoms with Crippen molar-refractivity contribution in [1.82, 2.24) is 4.90 Å². The molecule has 0 radical (unpaired) electrons. The number of hydrogen-bond acceptors (Lipinski definition) is 1. The highest BCUT2D eigenvalue weighted by molar-refractivity contribution is 5.44. The molecule has 2 aromatic rings. The molecule has 1 unspecified atom stereocenters. The predicted molar refractivity (Wildman–Crippen MR) is 125 cm³/mol. The third-order valence-electron chi connectivity index (χ3n) is 7.68. The summed E-state index contributed by atoms with van der Waals surface area (Å²) in [6.07, 6.45) is 5.79. The van der Waals surface area contributed by atoms with Gasteiger partial charge in [0.2, 0.25) is 0 Å². The molecule has 2 fully saturated rings. The molecule has 0 heterocycles. The summed E-state index contributed by atoms with van der Waals surface area (Å²) in [7, 11) is 0. The number of benzene rings is 2. The Morgan fingerprint density at radius 3 is 1.81 bits per heavy atom. The van der Waals surface area contributed by atoms with E-state index in [0.717, 1.165) is 48.9 Å². The summed E-state index contributed by atoms with van der Waals surface area (Å²) in [5.41, 5.74) is 1.30. The first-order valence-electron chi connectivity index (χ1n) is 12.1. The van der Waals surface area contributed by atoms with E-state index in [9.17, 15) is 0 Å². The van der Waals surface area contributed by atoms with Gasteiger partial charge in [-0.2, -0.15) is 0 Å². The van der Waals surface area contributed by atoms with Gasteiger partial charge >= 0.3 is 0 Å². The Morgan fingerprint density at radius 1 is 0.806 bits per heavy atom. The van der Waals surface area contributed by atoms with Gasteiger partial charge in [0.1, 0.15) is 11.3 Å². The van der Waals surface area contributed by atoms with Crippen LogP contribution in [0, 0.1) is 0 Å². The minimum atomic E-state index is -1.25. The van der Waals surface area contributed by atoms with Crippen LogP contribution in [-0.2, 0) is 24.3 Å². The van der Waals surface area contributed by atoms with Crippen molar-refractivity contribution in [3.05, 3.63) is 70.8 Å². The van der Waals surface area contributed by atoms with E-state index < -0.39 is 11.3 Å². The Morgan fingerprint density at radius 2 is 1.35 bits per heavy atom. The Labute approximate surface area is 186 Å². The summed E-state index contributed by atoms with van der Waals surface area (Å²) in [5.74, 6) is 0. The van der Waals surface area contributed by atoms with Crippen LogP contribution in [0.3, 0.4) is 0 Å². The van der Waals surface area contributed by atoms with E-state index in [1.165, 1.54) is 5.56 Å². The van der Waals surface area contributed by atoms with E-state index >= 15 is 8.78 Å². The van der Waals surface area contributed by atoms with Crippen LogP contribution in [0.25, 0.3) is 0 Å². The molecule has 2 aliphatic rings. The average Bonchev–Trinajstić information content (AvgIpc) is 2.72. The second-order valence-corrected chi connectivity index (χ2v) is 10.1. The molecule has 0 aliphatic heterocycles. The molecular weight excluding hydrogens is 388 g/mol. The van der Waals surface area contributed by atoms with Crippen molar-refractivity contribution in [3.63, 3.8) is 0 Å². The molecule has 2 aliphatic carbocycles. The van der Waals surface area contributed by atoms with Crippen molar-refractivity contribution in [1.29, 1.82) is 0 Å². The van der Waals surface area contributed by atoms with Gasteiger partial charge < -0.3 is 0 Å². The number of alkyl halides is 2. The van der Waals surface area contributed by atoms with Crippen LogP contribution >= 0.6 is 0 Å². The van der Waals surface area contributed by atoms with Gasteiger partial charge in [-0.25, -0.2) is 8.78 Å². The summed E-state index contributed by atoms with van der Waals surface area (Å²) in [4.78, 5) is 2.50. The van der Waals surface area contributed by atoms with E-state index in [1.807, 2.05) is 24.3 Å². The number of hydrogen-bond donors (Lipinski definition) is 0. The Bertz CT molecular complexity index is 830. The molecule has 0 spiro atoms. The molecule has 0 bridgehead atoms. The first-order valence-corrected chi connectivity index (χ1v) is 12.1. The lowest BCUT2D eigenvalue weighted by molar-refractivity contribution is 0.0510. The highest BCUT2D eigenvalue weighted by Gasteiger charge is 2.45. The predicted octanol–water partition coefficient (Wildman–Crippen LogP) is 7.62. The SMILES string of the molecule is CC(C)N(Cc1ccccc1)C(C)CCc1c(C2(F)CCC2)cccc1C1(F)CCC1. The molecular formula is C28H37F2N. The van der Waals surface area contributed by atoms with Gasteiger partial charge in [0, 0.05) is 18.6 Å². The molecule has 3 heteroatoms. The smallest absolute Gasteiger partial charge is 0.136 e. The summed E-state index contributed by atoms with van der Waals surface area (Å²) in [6, 6.07) is 17.0. The maximum absolute atomic E-state index is 15.6. The van der Waals surface area contributed by atoms with Crippen LogP contribution in [0.15, 0.2) is 48.5 Å². The number of halogens is 2.